The van der Waals surface area contributed by atoms with Crippen molar-refractivity contribution < 1.29 is 19.4 Å². The lowest BCUT2D eigenvalue weighted by molar-refractivity contribution is -0.143. The Labute approximate surface area is 207 Å². The van der Waals surface area contributed by atoms with E-state index in [0.29, 0.717) is 19.1 Å². The Morgan fingerprint density at radius 1 is 1.26 bits per heavy atom. The number of pyridine rings is 1. The van der Waals surface area contributed by atoms with E-state index in [-0.39, 0.29) is 12.2 Å². The maximum Gasteiger partial charge on any atom is 0.325 e. The minimum absolute atomic E-state index is 0.0859. The lowest BCUT2D eigenvalue weighted by atomic mass is 9.96. The Bertz CT molecular complexity index is 1030. The van der Waals surface area contributed by atoms with Crippen molar-refractivity contribution in [2.75, 3.05) is 38.7 Å². The monoisotopic (exact) mass is 479 g/mol. The molecule has 7 nitrogen and oxygen atoms in total. The van der Waals surface area contributed by atoms with Crippen LogP contribution in [0.3, 0.4) is 0 Å². The Morgan fingerprint density at radius 3 is 2.97 bits per heavy atom. The molecule has 2 fully saturated rings. The topological polar surface area (TPSA) is 83.9 Å². The van der Waals surface area contributed by atoms with Gasteiger partial charge in [0.05, 0.1) is 12.2 Å². The van der Waals surface area contributed by atoms with Crippen molar-refractivity contribution >= 4 is 11.8 Å². The van der Waals surface area contributed by atoms with E-state index in [1.165, 1.54) is 12.0 Å². The molecule has 5 rings (SSSR count). The second-order valence-electron chi connectivity index (χ2n) is 10.1. The third-order valence-corrected chi connectivity index (χ3v) is 7.63. The molecule has 1 aromatic carbocycles. The second kappa shape index (κ2) is 11.1. The number of aromatic nitrogens is 1. The van der Waals surface area contributed by atoms with Crippen molar-refractivity contribution in [1.82, 2.24) is 9.88 Å². The van der Waals surface area contributed by atoms with E-state index >= 15 is 0 Å². The number of benzene rings is 1. The van der Waals surface area contributed by atoms with Gasteiger partial charge in [-0.25, -0.2) is 4.98 Å². The Hall–Kier alpha value is -2.48. The highest BCUT2D eigenvalue weighted by molar-refractivity contribution is 5.76. The zero-order valence-corrected chi connectivity index (χ0v) is 20.6. The largest absolute Gasteiger partial charge is 0.480 e. The van der Waals surface area contributed by atoms with Gasteiger partial charge in [0.2, 0.25) is 0 Å². The highest BCUT2D eigenvalue weighted by atomic mass is 16.5. The molecule has 0 radical (unpaired) electrons. The molecule has 2 aliphatic heterocycles. The van der Waals surface area contributed by atoms with Gasteiger partial charge in [-0.2, -0.15) is 0 Å². The molecule has 2 aromatic rings. The van der Waals surface area contributed by atoms with Crippen molar-refractivity contribution in [2.45, 2.75) is 69.1 Å². The zero-order valence-electron chi connectivity index (χ0n) is 20.6. The summed E-state index contributed by atoms with van der Waals surface area (Å²) in [6.45, 7) is 3.11. The predicted molar refractivity (Wildman–Crippen MR) is 135 cm³/mol. The number of carboxylic acid groups (broad SMARTS) is 1. The van der Waals surface area contributed by atoms with Crippen LogP contribution in [0.2, 0.25) is 0 Å². The summed E-state index contributed by atoms with van der Waals surface area (Å²) in [4.78, 5) is 19.2. The first kappa shape index (κ1) is 24.2. The molecule has 2 N–H and O–H groups in total. The number of aliphatic carboxylic acids is 1. The first-order chi connectivity index (χ1) is 17.1. The molecular weight excluding hydrogens is 442 g/mol. The average Bonchev–Trinajstić information content (AvgIpc) is 3.53. The van der Waals surface area contributed by atoms with Gasteiger partial charge in [-0.3, -0.25) is 9.69 Å². The minimum Gasteiger partial charge on any atom is -0.480 e. The molecule has 188 valence electrons. The minimum atomic E-state index is -0.792. The number of anilines is 1. The summed E-state index contributed by atoms with van der Waals surface area (Å²) in [5, 5.41) is 13.5. The first-order valence-electron chi connectivity index (χ1n) is 13.1. The summed E-state index contributed by atoms with van der Waals surface area (Å²) < 4.78 is 11.7. The molecule has 7 heteroatoms. The van der Waals surface area contributed by atoms with Crippen molar-refractivity contribution in [3.8, 4) is 0 Å². The Kier molecular flexibility index (Phi) is 7.66. The number of nitrogens with zero attached hydrogens (tertiary/aromatic N) is 2. The van der Waals surface area contributed by atoms with Gasteiger partial charge >= 0.3 is 5.97 Å². The van der Waals surface area contributed by atoms with Crippen LogP contribution >= 0.6 is 0 Å². The smallest absolute Gasteiger partial charge is 0.325 e. The van der Waals surface area contributed by atoms with E-state index in [2.05, 4.69) is 28.4 Å². The first-order valence-corrected chi connectivity index (χ1v) is 13.1. The fourth-order valence-electron chi connectivity index (χ4n) is 5.63. The van der Waals surface area contributed by atoms with Gasteiger partial charge in [-0.15, -0.1) is 0 Å². The SMILES string of the molecule is CO[C@H]1C[C@@H]1c1ccccc1C(C(=O)O)N1CC[C@@H](OCCCCc2ccc3c(n2)NCCC3)C1. The van der Waals surface area contributed by atoms with Gasteiger partial charge in [-0.1, -0.05) is 30.3 Å². The number of carbonyl (C=O) groups is 1. The van der Waals surface area contributed by atoms with Gasteiger partial charge in [0.15, 0.2) is 0 Å². The van der Waals surface area contributed by atoms with Crippen LogP contribution in [0.5, 0.6) is 0 Å². The fourth-order valence-corrected chi connectivity index (χ4v) is 5.63. The van der Waals surface area contributed by atoms with E-state index in [1.54, 1.807) is 7.11 Å². The van der Waals surface area contributed by atoms with Crippen molar-refractivity contribution in [3.63, 3.8) is 0 Å². The summed E-state index contributed by atoms with van der Waals surface area (Å²) in [6, 6.07) is 11.7. The standard InChI is InChI=1S/C28H37N3O4/c1-34-25-17-24(25)22-9-2-3-10-23(22)26(28(32)33)31-15-13-21(18-31)35-16-5-4-8-20-12-11-19-7-6-14-29-27(19)30-20/h2-3,9-12,21,24-26H,4-8,13-18H2,1H3,(H,29,30)(H,32,33)/t21-,24-,25+,26?/m1/s1. The number of ether oxygens (including phenoxy) is 2. The molecule has 1 aliphatic carbocycles. The summed E-state index contributed by atoms with van der Waals surface area (Å²) >= 11 is 0. The summed E-state index contributed by atoms with van der Waals surface area (Å²) in [5.41, 5.74) is 4.48. The number of unbranched alkanes of at least 4 members (excludes halogenated alkanes) is 1. The second-order valence-corrected chi connectivity index (χ2v) is 10.1. The van der Waals surface area contributed by atoms with Crippen LogP contribution in [-0.2, 0) is 27.1 Å². The Balaban J connectivity index is 1.10. The van der Waals surface area contributed by atoms with Crippen LogP contribution in [0.4, 0.5) is 5.82 Å². The number of aryl methyl sites for hydroxylation is 2. The highest BCUT2D eigenvalue weighted by Crippen LogP contribution is 2.46. The molecule has 0 bridgehead atoms. The number of carboxylic acids is 1. The molecular formula is C28H37N3O4. The van der Waals surface area contributed by atoms with Crippen LogP contribution in [-0.4, -0.2) is 66.5 Å². The molecule has 4 atom stereocenters. The van der Waals surface area contributed by atoms with Crippen molar-refractivity contribution in [2.24, 2.45) is 0 Å². The van der Waals surface area contributed by atoms with Gasteiger partial charge in [0, 0.05) is 45.0 Å². The van der Waals surface area contributed by atoms with Crippen LogP contribution in [0.1, 0.15) is 66.4 Å². The van der Waals surface area contributed by atoms with Crippen molar-refractivity contribution in [3.05, 3.63) is 58.8 Å². The summed E-state index contributed by atoms with van der Waals surface area (Å²) in [6.07, 6.45) is 7.39. The van der Waals surface area contributed by atoms with E-state index < -0.39 is 12.0 Å². The lowest BCUT2D eigenvalue weighted by Crippen LogP contribution is -2.34. The molecule has 1 saturated carbocycles. The number of rotatable bonds is 11. The quantitative estimate of drug-likeness (QED) is 0.468. The third-order valence-electron chi connectivity index (χ3n) is 7.63. The number of nitrogens with one attached hydrogen (secondary N) is 1. The molecule has 0 spiro atoms. The molecule has 1 unspecified atom stereocenters. The molecule has 0 amide bonds. The van der Waals surface area contributed by atoms with E-state index in [1.807, 2.05) is 18.2 Å². The lowest BCUT2D eigenvalue weighted by Gasteiger charge is -2.26. The molecule has 1 aromatic heterocycles. The number of fused-ring (bicyclic) bond motifs is 1. The number of hydrogen-bond donors (Lipinski definition) is 2. The Morgan fingerprint density at radius 2 is 2.14 bits per heavy atom. The number of likely N-dealkylation sites (tertiary alicyclic amines) is 1. The van der Waals surface area contributed by atoms with E-state index in [0.717, 1.165) is 74.3 Å². The average molecular weight is 480 g/mol. The van der Waals surface area contributed by atoms with E-state index in [4.69, 9.17) is 14.5 Å². The highest BCUT2D eigenvalue weighted by Gasteiger charge is 2.43. The molecule has 3 aliphatic rings. The molecule has 35 heavy (non-hydrogen) atoms. The van der Waals surface area contributed by atoms with Crippen LogP contribution < -0.4 is 5.32 Å². The molecule has 1 saturated heterocycles. The van der Waals surface area contributed by atoms with E-state index in [9.17, 15) is 9.90 Å². The number of hydrogen-bond acceptors (Lipinski definition) is 6. The number of methoxy groups -OCH3 is 1. The maximum absolute atomic E-state index is 12.3. The van der Waals surface area contributed by atoms with Crippen LogP contribution in [0.15, 0.2) is 36.4 Å². The zero-order chi connectivity index (χ0) is 24.2. The van der Waals surface area contributed by atoms with Crippen LogP contribution in [0.25, 0.3) is 0 Å². The third kappa shape index (κ3) is 5.68. The van der Waals surface area contributed by atoms with Gasteiger partial charge < -0.3 is 19.9 Å². The fraction of sp³-hybridized carbons (Fsp3) is 0.571. The summed E-state index contributed by atoms with van der Waals surface area (Å²) in [5.74, 6) is 0.567. The summed E-state index contributed by atoms with van der Waals surface area (Å²) in [7, 11) is 1.73. The van der Waals surface area contributed by atoms with Gasteiger partial charge in [0.25, 0.3) is 0 Å². The molecule has 3 heterocycles. The van der Waals surface area contributed by atoms with Crippen LogP contribution in [0, 0.1) is 0 Å². The maximum atomic E-state index is 12.3. The van der Waals surface area contributed by atoms with Crippen molar-refractivity contribution in [1.29, 1.82) is 0 Å². The predicted octanol–water partition coefficient (Wildman–Crippen LogP) is 4.18. The normalized spacial score (nSPS) is 24.5. The van der Waals surface area contributed by atoms with Gasteiger partial charge in [-0.05, 0) is 67.7 Å². The van der Waals surface area contributed by atoms with Gasteiger partial charge in [0.1, 0.15) is 11.9 Å².